The summed E-state index contributed by atoms with van der Waals surface area (Å²) in [5.41, 5.74) is 0. The predicted octanol–water partition coefficient (Wildman–Crippen LogP) is 4.91. The van der Waals surface area contributed by atoms with Crippen LogP contribution < -0.4 is 0 Å². The maximum Gasteiger partial charge on any atom is 0.305 e. The lowest BCUT2D eigenvalue weighted by molar-refractivity contribution is -0.140. The average molecular weight is 297 g/mol. The van der Waals surface area contributed by atoms with Gasteiger partial charge in [0.05, 0.1) is 7.11 Å². The molecule has 0 fully saturated rings. The minimum Gasteiger partial charge on any atom is -0.469 e. The fraction of sp³-hybridized carbons (Fsp3) is 0.929. The second-order valence-corrected chi connectivity index (χ2v) is 5.62. The molecule has 0 spiro atoms. The van der Waals surface area contributed by atoms with Crippen LogP contribution in [0, 0.1) is 0 Å². The predicted molar refractivity (Wildman–Crippen MR) is 78.5 cm³/mol. The molecule has 0 aliphatic heterocycles. The second kappa shape index (κ2) is 13.5. The van der Waals surface area contributed by atoms with Gasteiger partial charge < -0.3 is 4.74 Å². The Labute approximate surface area is 121 Å². The van der Waals surface area contributed by atoms with E-state index >= 15 is 0 Å². The van der Waals surface area contributed by atoms with Crippen molar-refractivity contribution in [3.63, 3.8) is 0 Å². The summed E-state index contributed by atoms with van der Waals surface area (Å²) < 4.78 is 4.59. The zero-order valence-corrected chi connectivity index (χ0v) is 12.9. The van der Waals surface area contributed by atoms with Crippen molar-refractivity contribution in [2.24, 2.45) is 0 Å². The van der Waals surface area contributed by atoms with Crippen LogP contribution in [0.3, 0.4) is 0 Å². The number of alkyl halides is 2. The molecule has 0 radical (unpaired) electrons. The van der Waals surface area contributed by atoms with Crippen molar-refractivity contribution in [3.05, 3.63) is 0 Å². The van der Waals surface area contributed by atoms with Gasteiger partial charge in [0.1, 0.15) is 0 Å². The summed E-state index contributed by atoms with van der Waals surface area (Å²) in [5.74, 6) is 0.465. The van der Waals surface area contributed by atoms with Gasteiger partial charge in [0.15, 0.2) is 0 Å². The molecule has 0 aliphatic rings. The molecule has 1 unspecified atom stereocenters. The van der Waals surface area contributed by atoms with E-state index in [4.69, 9.17) is 23.2 Å². The van der Waals surface area contributed by atoms with Crippen LogP contribution in [0.25, 0.3) is 0 Å². The zero-order valence-electron chi connectivity index (χ0n) is 11.4. The van der Waals surface area contributed by atoms with Gasteiger partial charge in [0.25, 0.3) is 0 Å². The molecule has 0 rings (SSSR count). The first kappa shape index (κ1) is 18.0. The number of halogens is 2. The van der Waals surface area contributed by atoms with Crippen molar-refractivity contribution >= 4 is 29.2 Å². The normalized spacial score (nSPS) is 12.4. The number of methoxy groups -OCH3 is 1. The molecule has 2 nitrogen and oxygen atoms in total. The average Bonchev–Trinajstić information content (AvgIpc) is 2.40. The van der Waals surface area contributed by atoms with E-state index in [1.54, 1.807) is 0 Å². The molecular formula is C14H26Cl2O2. The lowest BCUT2D eigenvalue weighted by Crippen LogP contribution is -1.99. The minimum absolute atomic E-state index is 0.0927. The van der Waals surface area contributed by atoms with Crippen LogP contribution in [-0.4, -0.2) is 24.3 Å². The van der Waals surface area contributed by atoms with Gasteiger partial charge in [-0.1, -0.05) is 44.9 Å². The Morgan fingerprint density at radius 3 is 2.00 bits per heavy atom. The molecule has 1 atom stereocenters. The van der Waals surface area contributed by atoms with Gasteiger partial charge >= 0.3 is 5.97 Å². The van der Waals surface area contributed by atoms with Crippen molar-refractivity contribution < 1.29 is 9.53 Å². The summed E-state index contributed by atoms with van der Waals surface area (Å²) >= 11 is 11.6. The largest absolute Gasteiger partial charge is 0.469 e. The highest BCUT2D eigenvalue weighted by Gasteiger charge is 2.01. The van der Waals surface area contributed by atoms with Gasteiger partial charge in [0.2, 0.25) is 0 Å². The molecule has 0 amide bonds. The molecular weight excluding hydrogens is 271 g/mol. The summed E-state index contributed by atoms with van der Waals surface area (Å²) in [6, 6.07) is 0. The molecule has 0 bridgehead atoms. The first-order valence-electron chi connectivity index (χ1n) is 6.97. The highest BCUT2D eigenvalue weighted by Crippen LogP contribution is 2.14. The van der Waals surface area contributed by atoms with Crippen LogP contribution in [-0.2, 0) is 9.53 Å². The van der Waals surface area contributed by atoms with E-state index in [1.165, 1.54) is 45.6 Å². The Morgan fingerprint density at radius 1 is 1.00 bits per heavy atom. The van der Waals surface area contributed by atoms with E-state index in [1.807, 2.05) is 0 Å². The molecule has 0 saturated carbocycles. The van der Waals surface area contributed by atoms with Crippen LogP contribution in [0.15, 0.2) is 0 Å². The topological polar surface area (TPSA) is 26.3 Å². The number of ether oxygens (including phenoxy) is 1. The van der Waals surface area contributed by atoms with Crippen molar-refractivity contribution in [1.29, 1.82) is 0 Å². The lowest BCUT2D eigenvalue weighted by atomic mass is 10.1. The minimum atomic E-state index is -0.0927. The van der Waals surface area contributed by atoms with Gasteiger partial charge in [-0.15, -0.1) is 23.2 Å². The molecule has 0 aromatic carbocycles. The van der Waals surface area contributed by atoms with E-state index in [0.29, 0.717) is 12.3 Å². The molecule has 0 aromatic rings. The Morgan fingerprint density at radius 2 is 1.50 bits per heavy atom. The van der Waals surface area contributed by atoms with Gasteiger partial charge in [-0.2, -0.15) is 0 Å². The fourth-order valence-electron chi connectivity index (χ4n) is 1.88. The molecule has 0 heterocycles. The molecule has 0 aromatic heterocycles. The van der Waals surface area contributed by atoms with Gasteiger partial charge in [-0.3, -0.25) is 4.79 Å². The Bertz CT molecular complexity index is 198. The maximum absolute atomic E-state index is 10.9. The van der Waals surface area contributed by atoms with Gasteiger partial charge in [0, 0.05) is 17.7 Å². The van der Waals surface area contributed by atoms with Crippen LogP contribution >= 0.6 is 23.2 Å². The summed E-state index contributed by atoms with van der Waals surface area (Å²) in [6.45, 7) is 0. The third-order valence-electron chi connectivity index (χ3n) is 3.04. The van der Waals surface area contributed by atoms with Gasteiger partial charge in [-0.05, 0) is 12.8 Å². The summed E-state index contributed by atoms with van der Waals surface area (Å²) in [4.78, 5) is 10.9. The number of carbonyl (C=O) groups is 1. The molecule has 108 valence electrons. The van der Waals surface area contributed by atoms with Crippen molar-refractivity contribution in [3.8, 4) is 0 Å². The highest BCUT2D eigenvalue weighted by atomic mass is 35.5. The second-order valence-electron chi connectivity index (χ2n) is 4.69. The first-order valence-corrected chi connectivity index (χ1v) is 7.94. The first-order chi connectivity index (χ1) is 8.70. The third kappa shape index (κ3) is 12.5. The van der Waals surface area contributed by atoms with E-state index < -0.39 is 0 Å². The maximum atomic E-state index is 10.9. The number of hydrogen-bond donors (Lipinski definition) is 0. The fourth-order valence-corrected chi connectivity index (χ4v) is 2.18. The molecule has 0 saturated heterocycles. The smallest absolute Gasteiger partial charge is 0.305 e. The Kier molecular flexibility index (Phi) is 13.5. The Balaban J connectivity index is 3.05. The van der Waals surface area contributed by atoms with Crippen LogP contribution in [0.4, 0.5) is 0 Å². The van der Waals surface area contributed by atoms with Gasteiger partial charge in [-0.25, -0.2) is 0 Å². The standard InChI is InChI=1S/C14H26Cl2O2/c1-18-14(17)11-9-7-5-3-2-4-6-8-10-13(16)12-15/h13H,2-12H2,1H3. The molecule has 0 aliphatic carbocycles. The zero-order chi connectivity index (χ0) is 13.6. The van der Waals surface area contributed by atoms with E-state index in [-0.39, 0.29) is 11.3 Å². The number of unbranched alkanes of at least 4 members (excludes halogenated alkanes) is 7. The molecule has 0 N–H and O–H groups in total. The van der Waals surface area contributed by atoms with E-state index in [9.17, 15) is 4.79 Å². The van der Waals surface area contributed by atoms with Crippen molar-refractivity contribution in [1.82, 2.24) is 0 Å². The SMILES string of the molecule is COC(=O)CCCCCCCCCCC(Cl)CCl. The highest BCUT2D eigenvalue weighted by molar-refractivity contribution is 6.28. The van der Waals surface area contributed by atoms with E-state index in [2.05, 4.69) is 4.74 Å². The molecule has 18 heavy (non-hydrogen) atoms. The summed E-state index contributed by atoms with van der Waals surface area (Å²) in [5, 5.41) is 0.144. The van der Waals surface area contributed by atoms with Crippen LogP contribution in [0.5, 0.6) is 0 Å². The summed E-state index contributed by atoms with van der Waals surface area (Å²) in [7, 11) is 1.44. The van der Waals surface area contributed by atoms with Crippen molar-refractivity contribution in [2.75, 3.05) is 13.0 Å². The number of esters is 1. The van der Waals surface area contributed by atoms with Crippen LogP contribution in [0.2, 0.25) is 0 Å². The summed E-state index contributed by atoms with van der Waals surface area (Å²) in [6.07, 6.45) is 11.2. The number of carbonyl (C=O) groups excluding carboxylic acids is 1. The van der Waals surface area contributed by atoms with Crippen molar-refractivity contribution in [2.45, 2.75) is 69.6 Å². The van der Waals surface area contributed by atoms with E-state index in [0.717, 1.165) is 19.3 Å². The lowest BCUT2D eigenvalue weighted by Gasteiger charge is -2.05. The number of hydrogen-bond acceptors (Lipinski definition) is 2. The van der Waals surface area contributed by atoms with Crippen LogP contribution in [0.1, 0.15) is 64.2 Å². The Hall–Kier alpha value is 0.0500. The quantitative estimate of drug-likeness (QED) is 0.291. The monoisotopic (exact) mass is 296 g/mol. The number of rotatable bonds is 12. The third-order valence-corrected chi connectivity index (χ3v) is 3.95. The molecule has 4 heteroatoms.